The highest BCUT2D eigenvalue weighted by Crippen LogP contribution is 2.36. The second-order valence-corrected chi connectivity index (χ2v) is 2.25. The van der Waals surface area contributed by atoms with E-state index in [0.717, 1.165) is 13.2 Å². The molecule has 1 aromatic rings. The first-order chi connectivity index (χ1) is 5.96. The predicted octanol–water partition coefficient (Wildman–Crippen LogP) is 2.65. The first-order valence-corrected chi connectivity index (χ1v) is 3.27. The molecule has 0 atom stereocenters. The third kappa shape index (κ3) is 1.91. The molecule has 1 radical (unpaired) electrons. The SMILES string of the molecule is COc1c(F)c[c]cc1C(F)(F)F. The first-order valence-electron chi connectivity index (χ1n) is 3.27. The van der Waals surface area contributed by atoms with Crippen molar-refractivity contribution in [2.45, 2.75) is 6.18 Å². The molecule has 0 fully saturated rings. The van der Waals surface area contributed by atoms with Crippen LogP contribution in [0.2, 0.25) is 0 Å². The molecule has 0 N–H and O–H groups in total. The molecule has 0 bridgehead atoms. The number of hydrogen-bond donors (Lipinski definition) is 0. The van der Waals surface area contributed by atoms with Gasteiger partial charge < -0.3 is 4.74 Å². The second-order valence-electron chi connectivity index (χ2n) is 2.25. The Balaban J connectivity index is 3.29. The summed E-state index contributed by atoms with van der Waals surface area (Å²) in [7, 11) is 0.980. The van der Waals surface area contributed by atoms with Gasteiger partial charge >= 0.3 is 6.18 Å². The maximum atomic E-state index is 12.7. The largest absolute Gasteiger partial charge is 0.493 e. The average Bonchev–Trinajstić information content (AvgIpc) is 2.02. The number of rotatable bonds is 1. The average molecular weight is 193 g/mol. The molecule has 0 spiro atoms. The molecule has 0 aliphatic rings. The summed E-state index contributed by atoms with van der Waals surface area (Å²) in [5, 5.41) is 0. The van der Waals surface area contributed by atoms with Gasteiger partial charge in [0, 0.05) is 0 Å². The first kappa shape index (κ1) is 9.83. The zero-order valence-corrected chi connectivity index (χ0v) is 6.57. The highest BCUT2D eigenvalue weighted by Gasteiger charge is 2.35. The van der Waals surface area contributed by atoms with E-state index >= 15 is 0 Å². The third-order valence-electron chi connectivity index (χ3n) is 1.41. The molecule has 0 aromatic heterocycles. The van der Waals surface area contributed by atoms with Crippen molar-refractivity contribution < 1.29 is 22.3 Å². The molecule has 0 aliphatic heterocycles. The van der Waals surface area contributed by atoms with Gasteiger partial charge in [-0.25, -0.2) is 4.39 Å². The van der Waals surface area contributed by atoms with Crippen molar-refractivity contribution in [2.75, 3.05) is 7.11 Å². The molecule has 1 aromatic carbocycles. The zero-order chi connectivity index (χ0) is 10.1. The molecule has 0 aliphatic carbocycles. The topological polar surface area (TPSA) is 9.23 Å². The number of halogens is 4. The smallest absolute Gasteiger partial charge is 0.420 e. The minimum Gasteiger partial charge on any atom is -0.493 e. The van der Waals surface area contributed by atoms with E-state index in [4.69, 9.17) is 0 Å². The molecular formula is C8H5F4O. The third-order valence-corrected chi connectivity index (χ3v) is 1.41. The minimum absolute atomic E-state index is 0.641. The van der Waals surface area contributed by atoms with Crippen LogP contribution in [0.25, 0.3) is 0 Å². The number of hydrogen-bond acceptors (Lipinski definition) is 1. The lowest BCUT2D eigenvalue weighted by atomic mass is 10.2. The highest BCUT2D eigenvalue weighted by molar-refractivity contribution is 5.36. The standard InChI is InChI=1S/C8H5F4O/c1-13-7-5(8(10,11)12)3-2-4-6(7)9/h3-4H,1H3. The van der Waals surface area contributed by atoms with Gasteiger partial charge in [0.25, 0.3) is 0 Å². The maximum absolute atomic E-state index is 12.7. The number of alkyl halides is 3. The zero-order valence-electron chi connectivity index (χ0n) is 6.57. The van der Waals surface area contributed by atoms with Gasteiger partial charge in [0.15, 0.2) is 11.6 Å². The molecule has 0 heterocycles. The molecule has 13 heavy (non-hydrogen) atoms. The van der Waals surface area contributed by atoms with Crippen LogP contribution in [0.1, 0.15) is 5.56 Å². The maximum Gasteiger partial charge on any atom is 0.420 e. The molecule has 0 unspecified atom stereocenters. The summed E-state index contributed by atoms with van der Waals surface area (Å²) in [6.07, 6.45) is -4.62. The van der Waals surface area contributed by atoms with Gasteiger partial charge in [0.2, 0.25) is 0 Å². The second kappa shape index (κ2) is 3.24. The lowest BCUT2D eigenvalue weighted by Crippen LogP contribution is -2.08. The number of methoxy groups -OCH3 is 1. The quantitative estimate of drug-likeness (QED) is 0.623. The van der Waals surface area contributed by atoms with Crippen LogP contribution in [0.15, 0.2) is 12.1 Å². The van der Waals surface area contributed by atoms with Crippen molar-refractivity contribution >= 4 is 0 Å². The van der Waals surface area contributed by atoms with Crippen LogP contribution >= 0.6 is 0 Å². The lowest BCUT2D eigenvalue weighted by Gasteiger charge is -2.11. The van der Waals surface area contributed by atoms with E-state index in [2.05, 4.69) is 4.74 Å². The van der Waals surface area contributed by atoms with E-state index in [1.54, 1.807) is 0 Å². The summed E-state index contributed by atoms with van der Waals surface area (Å²) in [5.74, 6) is -1.87. The van der Waals surface area contributed by atoms with Gasteiger partial charge in [-0.05, 0) is 18.2 Å². The molecule has 71 valence electrons. The van der Waals surface area contributed by atoms with E-state index in [1.807, 2.05) is 6.07 Å². The summed E-state index contributed by atoms with van der Waals surface area (Å²) >= 11 is 0. The minimum atomic E-state index is -4.62. The Morgan fingerprint density at radius 3 is 2.31 bits per heavy atom. The van der Waals surface area contributed by atoms with Gasteiger partial charge in [-0.15, -0.1) is 0 Å². The Labute approximate surface area is 71.9 Å². The van der Waals surface area contributed by atoms with E-state index in [1.165, 1.54) is 0 Å². The Morgan fingerprint density at radius 1 is 1.31 bits per heavy atom. The summed E-state index contributed by atoms with van der Waals surface area (Å²) in [6, 6.07) is 3.46. The Kier molecular flexibility index (Phi) is 2.45. The normalized spacial score (nSPS) is 11.5. The van der Waals surface area contributed by atoms with Crippen LogP contribution in [-0.4, -0.2) is 7.11 Å². The van der Waals surface area contributed by atoms with Crippen LogP contribution in [0.4, 0.5) is 17.6 Å². The lowest BCUT2D eigenvalue weighted by molar-refractivity contribution is -0.139. The molecule has 0 saturated carbocycles. The van der Waals surface area contributed by atoms with Gasteiger partial charge in [0.1, 0.15) is 5.56 Å². The summed E-state index contributed by atoms with van der Waals surface area (Å²) in [5.41, 5.74) is -1.16. The number of ether oxygens (including phenoxy) is 1. The van der Waals surface area contributed by atoms with Crippen molar-refractivity contribution in [1.29, 1.82) is 0 Å². The van der Waals surface area contributed by atoms with Gasteiger partial charge in [-0.2, -0.15) is 13.2 Å². The molecular weight excluding hydrogens is 188 g/mol. The molecule has 1 rings (SSSR count). The van der Waals surface area contributed by atoms with Crippen molar-refractivity contribution in [3.63, 3.8) is 0 Å². The Morgan fingerprint density at radius 2 is 1.92 bits per heavy atom. The van der Waals surface area contributed by atoms with Gasteiger partial charge in [0.05, 0.1) is 7.11 Å². The Bertz CT molecular complexity index is 306. The van der Waals surface area contributed by atoms with Crippen molar-refractivity contribution in [2.24, 2.45) is 0 Å². The van der Waals surface area contributed by atoms with Crippen LogP contribution in [0.5, 0.6) is 5.75 Å². The van der Waals surface area contributed by atoms with Crippen LogP contribution in [0, 0.1) is 11.9 Å². The summed E-state index contributed by atoms with van der Waals surface area (Å²) in [4.78, 5) is 0. The van der Waals surface area contributed by atoms with Crippen molar-refractivity contribution in [1.82, 2.24) is 0 Å². The van der Waals surface area contributed by atoms with Gasteiger partial charge in [-0.1, -0.05) is 0 Å². The van der Waals surface area contributed by atoms with Gasteiger partial charge in [-0.3, -0.25) is 0 Å². The van der Waals surface area contributed by atoms with E-state index in [0.29, 0.717) is 6.07 Å². The fourth-order valence-corrected chi connectivity index (χ4v) is 0.876. The number of benzene rings is 1. The van der Waals surface area contributed by atoms with Crippen molar-refractivity contribution in [3.05, 3.63) is 29.6 Å². The van der Waals surface area contributed by atoms with E-state index in [9.17, 15) is 17.6 Å². The van der Waals surface area contributed by atoms with Crippen LogP contribution in [0.3, 0.4) is 0 Å². The fourth-order valence-electron chi connectivity index (χ4n) is 0.876. The fraction of sp³-hybridized carbons (Fsp3) is 0.250. The molecule has 1 nitrogen and oxygen atoms in total. The van der Waals surface area contributed by atoms with E-state index in [-0.39, 0.29) is 0 Å². The molecule has 0 amide bonds. The summed E-state index contributed by atoms with van der Waals surface area (Å²) < 4.78 is 53.5. The van der Waals surface area contributed by atoms with E-state index < -0.39 is 23.3 Å². The van der Waals surface area contributed by atoms with Crippen molar-refractivity contribution in [3.8, 4) is 5.75 Å². The monoisotopic (exact) mass is 193 g/mol. The van der Waals surface area contributed by atoms with Crippen LogP contribution in [-0.2, 0) is 6.18 Å². The Hall–Kier alpha value is -1.26. The predicted molar refractivity (Wildman–Crippen MR) is 36.8 cm³/mol. The molecule has 5 heteroatoms. The summed E-state index contributed by atoms with van der Waals surface area (Å²) in [6.45, 7) is 0. The van der Waals surface area contributed by atoms with Crippen LogP contribution < -0.4 is 4.74 Å². The molecule has 0 saturated heterocycles. The highest BCUT2D eigenvalue weighted by atomic mass is 19.4.